The molecular weight excluding hydrogens is 272 g/mol. The fraction of sp³-hybridized carbons (Fsp3) is 0.571. The standard InChI is InChI=1S/C14H20N4O3/c1-21-12-2-3-13(14(8-12)18(19)20)17-9-11(10-17)16-6-4-15-5-7-16/h2-3,8,11,15H,4-7,9-10H2,1H3. The molecule has 7 heteroatoms. The van der Waals surface area contributed by atoms with Gasteiger partial charge in [-0.05, 0) is 12.1 Å². The number of hydrogen-bond acceptors (Lipinski definition) is 6. The summed E-state index contributed by atoms with van der Waals surface area (Å²) in [6, 6.07) is 5.56. The first-order chi connectivity index (χ1) is 10.2. The number of nitrogens with zero attached hydrogens (tertiary/aromatic N) is 3. The smallest absolute Gasteiger partial charge is 0.296 e. The quantitative estimate of drug-likeness (QED) is 0.650. The van der Waals surface area contributed by atoms with Crippen LogP contribution in [0.1, 0.15) is 0 Å². The lowest BCUT2D eigenvalue weighted by atomic mass is 10.0. The van der Waals surface area contributed by atoms with Crippen LogP contribution in [-0.2, 0) is 0 Å². The third-order valence-electron chi connectivity index (χ3n) is 4.25. The molecule has 1 aromatic rings. The Morgan fingerprint density at radius 2 is 2.05 bits per heavy atom. The molecule has 2 aliphatic heterocycles. The van der Waals surface area contributed by atoms with Crippen molar-refractivity contribution < 1.29 is 9.66 Å². The molecular formula is C14H20N4O3. The van der Waals surface area contributed by atoms with Crippen molar-refractivity contribution in [2.24, 2.45) is 0 Å². The van der Waals surface area contributed by atoms with Crippen molar-refractivity contribution in [3.63, 3.8) is 0 Å². The first-order valence-electron chi connectivity index (χ1n) is 7.21. The Bertz CT molecular complexity index is 525. The van der Waals surface area contributed by atoms with E-state index in [2.05, 4.69) is 15.1 Å². The van der Waals surface area contributed by atoms with Crippen LogP contribution in [-0.4, -0.2) is 62.2 Å². The maximum atomic E-state index is 11.2. The van der Waals surface area contributed by atoms with E-state index < -0.39 is 0 Å². The molecule has 21 heavy (non-hydrogen) atoms. The Labute approximate surface area is 123 Å². The summed E-state index contributed by atoms with van der Waals surface area (Å²) in [5.41, 5.74) is 0.806. The summed E-state index contributed by atoms with van der Waals surface area (Å²) < 4.78 is 5.07. The zero-order chi connectivity index (χ0) is 14.8. The Balaban J connectivity index is 1.69. The highest BCUT2D eigenvalue weighted by molar-refractivity contribution is 5.67. The zero-order valence-electron chi connectivity index (χ0n) is 12.1. The molecule has 3 rings (SSSR count). The van der Waals surface area contributed by atoms with Gasteiger partial charge in [0.25, 0.3) is 5.69 Å². The molecule has 0 aliphatic carbocycles. The fourth-order valence-corrected chi connectivity index (χ4v) is 2.97. The molecule has 0 bridgehead atoms. The normalized spacial score (nSPS) is 20.1. The summed E-state index contributed by atoms with van der Waals surface area (Å²) in [6.45, 7) is 5.88. The molecule has 0 spiro atoms. The highest BCUT2D eigenvalue weighted by atomic mass is 16.6. The molecule has 0 saturated carbocycles. The van der Waals surface area contributed by atoms with Gasteiger partial charge in [0.1, 0.15) is 11.4 Å². The van der Waals surface area contributed by atoms with Gasteiger partial charge in [-0.1, -0.05) is 0 Å². The average molecular weight is 292 g/mol. The van der Waals surface area contributed by atoms with Gasteiger partial charge in [0.05, 0.1) is 18.1 Å². The molecule has 0 atom stereocenters. The van der Waals surface area contributed by atoms with E-state index in [1.165, 1.54) is 13.2 Å². The summed E-state index contributed by atoms with van der Waals surface area (Å²) >= 11 is 0. The molecule has 0 radical (unpaired) electrons. The van der Waals surface area contributed by atoms with Gasteiger partial charge in [-0.3, -0.25) is 15.0 Å². The van der Waals surface area contributed by atoms with Crippen LogP contribution >= 0.6 is 0 Å². The van der Waals surface area contributed by atoms with E-state index in [-0.39, 0.29) is 10.6 Å². The van der Waals surface area contributed by atoms with Gasteiger partial charge in [-0.15, -0.1) is 0 Å². The van der Waals surface area contributed by atoms with E-state index in [1.54, 1.807) is 12.1 Å². The van der Waals surface area contributed by atoms with E-state index in [0.717, 1.165) is 39.3 Å². The molecule has 0 aromatic heterocycles. The summed E-state index contributed by atoms with van der Waals surface area (Å²) in [5, 5.41) is 14.6. The van der Waals surface area contributed by atoms with Gasteiger partial charge in [0.15, 0.2) is 0 Å². The van der Waals surface area contributed by atoms with Gasteiger partial charge in [0, 0.05) is 45.3 Å². The van der Waals surface area contributed by atoms with Crippen LogP contribution in [0, 0.1) is 10.1 Å². The zero-order valence-corrected chi connectivity index (χ0v) is 12.1. The summed E-state index contributed by atoms with van der Waals surface area (Å²) in [7, 11) is 1.52. The molecule has 0 unspecified atom stereocenters. The highest BCUT2D eigenvalue weighted by Gasteiger charge is 2.35. The van der Waals surface area contributed by atoms with Gasteiger partial charge in [-0.25, -0.2) is 0 Å². The van der Waals surface area contributed by atoms with E-state index in [0.29, 0.717) is 17.5 Å². The molecule has 2 fully saturated rings. The molecule has 2 heterocycles. The topological polar surface area (TPSA) is 70.9 Å². The first-order valence-corrected chi connectivity index (χ1v) is 7.21. The second-order valence-corrected chi connectivity index (χ2v) is 5.46. The SMILES string of the molecule is COc1ccc(N2CC(N3CCNCC3)C2)c([N+](=O)[O-])c1. The van der Waals surface area contributed by atoms with Gasteiger partial charge in [0.2, 0.25) is 0 Å². The lowest BCUT2D eigenvalue weighted by molar-refractivity contribution is -0.384. The van der Waals surface area contributed by atoms with Crippen LogP contribution < -0.4 is 15.0 Å². The van der Waals surface area contributed by atoms with Crippen molar-refractivity contribution in [3.8, 4) is 5.75 Å². The van der Waals surface area contributed by atoms with Crippen molar-refractivity contribution in [1.82, 2.24) is 10.2 Å². The number of anilines is 1. The monoisotopic (exact) mass is 292 g/mol. The summed E-state index contributed by atoms with van der Waals surface area (Å²) in [6.07, 6.45) is 0. The third-order valence-corrected chi connectivity index (χ3v) is 4.25. The number of nitro groups is 1. The molecule has 114 valence electrons. The highest BCUT2D eigenvalue weighted by Crippen LogP contribution is 2.35. The number of methoxy groups -OCH3 is 1. The minimum atomic E-state index is -0.337. The number of piperazine rings is 1. The molecule has 0 amide bonds. The van der Waals surface area contributed by atoms with E-state index in [4.69, 9.17) is 4.74 Å². The van der Waals surface area contributed by atoms with E-state index in [1.807, 2.05) is 0 Å². The number of nitrogens with one attached hydrogen (secondary N) is 1. The van der Waals surface area contributed by atoms with Crippen LogP contribution in [0.15, 0.2) is 18.2 Å². The van der Waals surface area contributed by atoms with Crippen LogP contribution in [0.2, 0.25) is 0 Å². The van der Waals surface area contributed by atoms with Crippen LogP contribution in [0.25, 0.3) is 0 Å². The molecule has 7 nitrogen and oxygen atoms in total. The van der Waals surface area contributed by atoms with Crippen molar-refractivity contribution >= 4 is 11.4 Å². The Hall–Kier alpha value is -1.86. The lowest BCUT2D eigenvalue weighted by Crippen LogP contribution is -2.63. The second kappa shape index (κ2) is 5.87. The largest absolute Gasteiger partial charge is 0.496 e. The maximum Gasteiger partial charge on any atom is 0.296 e. The number of rotatable bonds is 4. The Morgan fingerprint density at radius 3 is 2.67 bits per heavy atom. The van der Waals surface area contributed by atoms with Gasteiger partial charge >= 0.3 is 0 Å². The number of nitro benzene ring substituents is 1. The Kier molecular flexibility index (Phi) is 3.94. The summed E-state index contributed by atoms with van der Waals surface area (Å²) in [5.74, 6) is 0.518. The molecule has 2 aliphatic rings. The number of hydrogen-bond donors (Lipinski definition) is 1. The molecule has 2 saturated heterocycles. The predicted molar refractivity (Wildman–Crippen MR) is 80.1 cm³/mol. The van der Waals surface area contributed by atoms with Crippen molar-refractivity contribution in [1.29, 1.82) is 0 Å². The van der Waals surface area contributed by atoms with Crippen LogP contribution in [0.5, 0.6) is 5.75 Å². The second-order valence-electron chi connectivity index (χ2n) is 5.46. The van der Waals surface area contributed by atoms with Crippen molar-refractivity contribution in [2.75, 3.05) is 51.3 Å². The van der Waals surface area contributed by atoms with E-state index >= 15 is 0 Å². The van der Waals surface area contributed by atoms with Crippen LogP contribution in [0.3, 0.4) is 0 Å². The Morgan fingerprint density at radius 1 is 1.33 bits per heavy atom. The first kappa shape index (κ1) is 14.1. The number of benzene rings is 1. The fourth-order valence-electron chi connectivity index (χ4n) is 2.97. The molecule has 1 aromatic carbocycles. The summed E-state index contributed by atoms with van der Waals surface area (Å²) in [4.78, 5) is 15.4. The molecule has 1 N–H and O–H groups in total. The average Bonchev–Trinajstić information content (AvgIpc) is 2.47. The minimum absolute atomic E-state index is 0.119. The maximum absolute atomic E-state index is 11.2. The third kappa shape index (κ3) is 2.79. The predicted octanol–water partition coefficient (Wildman–Crippen LogP) is 0.697. The van der Waals surface area contributed by atoms with Crippen LogP contribution in [0.4, 0.5) is 11.4 Å². The van der Waals surface area contributed by atoms with Gasteiger partial charge in [-0.2, -0.15) is 0 Å². The van der Waals surface area contributed by atoms with Crippen molar-refractivity contribution in [2.45, 2.75) is 6.04 Å². The van der Waals surface area contributed by atoms with Crippen molar-refractivity contribution in [3.05, 3.63) is 28.3 Å². The number of ether oxygens (including phenoxy) is 1. The minimum Gasteiger partial charge on any atom is -0.496 e. The van der Waals surface area contributed by atoms with Gasteiger partial charge < -0.3 is 15.0 Å². The van der Waals surface area contributed by atoms with E-state index in [9.17, 15) is 10.1 Å². The lowest BCUT2D eigenvalue weighted by Gasteiger charge is -2.47.